The maximum Gasteiger partial charge on any atom is 0.243 e. The zero-order valence-electron chi connectivity index (χ0n) is 15.4. The molecule has 144 valence electrons. The minimum Gasteiger partial charge on any atom is -0.295 e. The van der Waals surface area contributed by atoms with Crippen LogP contribution in [0.2, 0.25) is 0 Å². The molecule has 0 spiro atoms. The predicted molar refractivity (Wildman–Crippen MR) is 102 cm³/mol. The first kappa shape index (κ1) is 19.7. The van der Waals surface area contributed by atoms with Crippen LogP contribution in [0.4, 0.5) is 4.39 Å². The number of halogens is 1. The fraction of sp³-hybridized carbons (Fsp3) is 0.350. The normalized spacial score (nSPS) is 17.6. The fourth-order valence-electron chi connectivity index (χ4n) is 3.35. The second-order valence-corrected chi connectivity index (χ2v) is 8.66. The maximum atomic E-state index is 14.0. The Hall–Kier alpha value is -2.09. The smallest absolute Gasteiger partial charge is 0.243 e. The maximum absolute atomic E-state index is 14.0. The lowest BCUT2D eigenvalue weighted by Crippen LogP contribution is -2.49. The zero-order chi connectivity index (χ0) is 19.6. The Morgan fingerprint density at radius 3 is 2.15 bits per heavy atom. The molecule has 2 aromatic carbocycles. The Balaban J connectivity index is 1.69. The molecular weight excluding hydrogens is 367 g/mol. The molecule has 0 amide bonds. The van der Waals surface area contributed by atoms with Gasteiger partial charge in [-0.2, -0.15) is 4.31 Å². The molecule has 1 fully saturated rings. The van der Waals surface area contributed by atoms with Gasteiger partial charge in [0.1, 0.15) is 5.82 Å². The highest BCUT2D eigenvalue weighted by Crippen LogP contribution is 2.26. The lowest BCUT2D eigenvalue weighted by Gasteiger charge is -2.37. The van der Waals surface area contributed by atoms with Crippen molar-refractivity contribution in [2.75, 3.05) is 26.2 Å². The summed E-state index contributed by atoms with van der Waals surface area (Å²) in [4.78, 5) is 13.6. The van der Waals surface area contributed by atoms with Crippen LogP contribution < -0.4 is 0 Å². The average molecular weight is 390 g/mol. The minimum atomic E-state index is -3.61. The van der Waals surface area contributed by atoms with E-state index in [1.165, 1.54) is 41.6 Å². The van der Waals surface area contributed by atoms with Crippen molar-refractivity contribution < 1.29 is 17.6 Å². The summed E-state index contributed by atoms with van der Waals surface area (Å²) in [5, 5.41) is 0. The number of nitrogens with zero attached hydrogens (tertiary/aromatic N) is 2. The van der Waals surface area contributed by atoms with Crippen LogP contribution in [0.5, 0.6) is 0 Å². The van der Waals surface area contributed by atoms with Gasteiger partial charge in [0.2, 0.25) is 10.0 Å². The number of hydrogen-bond acceptors (Lipinski definition) is 4. The molecule has 1 heterocycles. The third kappa shape index (κ3) is 4.10. The van der Waals surface area contributed by atoms with Crippen LogP contribution in [-0.2, 0) is 10.0 Å². The van der Waals surface area contributed by atoms with Gasteiger partial charge in [0.05, 0.1) is 4.90 Å². The van der Waals surface area contributed by atoms with Crippen LogP contribution in [0.1, 0.15) is 35.8 Å². The van der Waals surface area contributed by atoms with Crippen LogP contribution in [-0.4, -0.2) is 49.6 Å². The van der Waals surface area contributed by atoms with Gasteiger partial charge in [-0.15, -0.1) is 0 Å². The summed E-state index contributed by atoms with van der Waals surface area (Å²) in [6.07, 6.45) is 0. The summed E-state index contributed by atoms with van der Waals surface area (Å²) in [6, 6.07) is 12.6. The molecule has 0 N–H and O–H groups in total. The quantitative estimate of drug-likeness (QED) is 0.736. The van der Waals surface area contributed by atoms with E-state index in [1.807, 2.05) is 6.92 Å². The van der Waals surface area contributed by atoms with Crippen LogP contribution in [0.15, 0.2) is 53.4 Å². The number of sulfonamides is 1. The summed E-state index contributed by atoms with van der Waals surface area (Å²) in [5.74, 6) is -0.347. The number of Topliss-reactive ketones (excluding diaryl/α,β-unsaturated/α-hetero) is 1. The van der Waals surface area contributed by atoms with E-state index in [4.69, 9.17) is 0 Å². The number of piperazine rings is 1. The standard InChI is InChI=1S/C20H23FN2O3S/c1-15(19-5-3-4-6-20(19)21)22-11-13-23(14-12-22)27(25,26)18-9-7-17(8-10-18)16(2)24/h3-10,15H,11-14H2,1-2H3. The van der Waals surface area contributed by atoms with Crippen molar-refractivity contribution in [3.05, 3.63) is 65.5 Å². The Kier molecular flexibility index (Phi) is 5.74. The first-order chi connectivity index (χ1) is 12.8. The molecule has 1 aliphatic rings. The topological polar surface area (TPSA) is 57.7 Å². The van der Waals surface area contributed by atoms with Gasteiger partial charge >= 0.3 is 0 Å². The number of rotatable bonds is 5. The van der Waals surface area contributed by atoms with Gasteiger partial charge in [-0.05, 0) is 32.0 Å². The molecule has 0 saturated carbocycles. The molecule has 3 rings (SSSR count). The SMILES string of the molecule is CC(=O)c1ccc(S(=O)(=O)N2CCN(C(C)c3ccccc3F)CC2)cc1. The second kappa shape index (κ2) is 7.88. The van der Waals surface area contributed by atoms with Gasteiger partial charge in [0.15, 0.2) is 5.78 Å². The summed E-state index contributed by atoms with van der Waals surface area (Å²) < 4.78 is 41.1. The summed E-state index contributed by atoms with van der Waals surface area (Å²) in [7, 11) is -3.61. The molecular formula is C20H23FN2O3S. The van der Waals surface area contributed by atoms with E-state index < -0.39 is 10.0 Å². The molecule has 1 unspecified atom stereocenters. The number of benzene rings is 2. The lowest BCUT2D eigenvalue weighted by molar-refractivity contribution is 0.101. The molecule has 5 nitrogen and oxygen atoms in total. The Morgan fingerprint density at radius 2 is 1.59 bits per heavy atom. The van der Waals surface area contributed by atoms with Crippen LogP contribution in [0.25, 0.3) is 0 Å². The van der Waals surface area contributed by atoms with Gasteiger partial charge in [-0.3, -0.25) is 9.69 Å². The summed E-state index contributed by atoms with van der Waals surface area (Å²) in [6.45, 7) is 5.12. The largest absolute Gasteiger partial charge is 0.295 e. The van der Waals surface area contributed by atoms with E-state index >= 15 is 0 Å². The van der Waals surface area contributed by atoms with E-state index in [0.717, 1.165) is 0 Å². The van der Waals surface area contributed by atoms with Gasteiger partial charge in [-0.1, -0.05) is 30.3 Å². The highest BCUT2D eigenvalue weighted by atomic mass is 32.2. The summed E-state index contributed by atoms with van der Waals surface area (Å²) >= 11 is 0. The number of ketones is 1. The van der Waals surface area contributed by atoms with Crippen LogP contribution >= 0.6 is 0 Å². The van der Waals surface area contributed by atoms with Crippen LogP contribution in [0, 0.1) is 5.82 Å². The van der Waals surface area contributed by atoms with Crippen molar-refractivity contribution in [2.45, 2.75) is 24.8 Å². The van der Waals surface area contributed by atoms with Gasteiger partial charge in [0, 0.05) is 43.3 Å². The van der Waals surface area contributed by atoms with Gasteiger partial charge in [0.25, 0.3) is 0 Å². The van der Waals surface area contributed by atoms with Crippen LogP contribution in [0.3, 0.4) is 0 Å². The van der Waals surface area contributed by atoms with Crippen molar-refractivity contribution in [1.82, 2.24) is 9.21 Å². The molecule has 1 aliphatic heterocycles. The van der Waals surface area contributed by atoms with Crippen molar-refractivity contribution >= 4 is 15.8 Å². The van der Waals surface area contributed by atoms with E-state index in [-0.39, 0.29) is 22.5 Å². The Labute approximate surface area is 159 Å². The van der Waals surface area contributed by atoms with E-state index in [1.54, 1.807) is 18.2 Å². The highest BCUT2D eigenvalue weighted by molar-refractivity contribution is 7.89. The van der Waals surface area contributed by atoms with E-state index in [0.29, 0.717) is 37.3 Å². The van der Waals surface area contributed by atoms with Gasteiger partial charge in [-0.25, -0.2) is 12.8 Å². The second-order valence-electron chi connectivity index (χ2n) is 6.72. The first-order valence-corrected chi connectivity index (χ1v) is 10.3. The molecule has 2 aromatic rings. The average Bonchev–Trinajstić information content (AvgIpc) is 2.68. The zero-order valence-corrected chi connectivity index (χ0v) is 16.2. The fourth-order valence-corrected chi connectivity index (χ4v) is 4.77. The summed E-state index contributed by atoms with van der Waals surface area (Å²) in [5.41, 5.74) is 1.10. The van der Waals surface area contributed by atoms with Crippen molar-refractivity contribution in [1.29, 1.82) is 0 Å². The molecule has 27 heavy (non-hydrogen) atoms. The van der Waals surface area contributed by atoms with Crippen molar-refractivity contribution in [3.63, 3.8) is 0 Å². The van der Waals surface area contributed by atoms with E-state index in [9.17, 15) is 17.6 Å². The Morgan fingerprint density at radius 1 is 1.00 bits per heavy atom. The number of carbonyl (C=O) groups is 1. The van der Waals surface area contributed by atoms with E-state index in [2.05, 4.69) is 4.90 Å². The number of hydrogen-bond donors (Lipinski definition) is 0. The molecule has 1 saturated heterocycles. The molecule has 7 heteroatoms. The number of carbonyl (C=O) groups excluding carboxylic acids is 1. The predicted octanol–water partition coefficient (Wildman–Crippen LogP) is 3.10. The minimum absolute atomic E-state index is 0.102. The first-order valence-electron chi connectivity index (χ1n) is 8.90. The monoisotopic (exact) mass is 390 g/mol. The Bertz CT molecular complexity index is 920. The molecule has 0 radical (unpaired) electrons. The van der Waals surface area contributed by atoms with Crippen molar-refractivity contribution in [3.8, 4) is 0 Å². The third-order valence-electron chi connectivity index (χ3n) is 5.07. The molecule has 1 atom stereocenters. The third-order valence-corrected chi connectivity index (χ3v) is 6.99. The lowest BCUT2D eigenvalue weighted by atomic mass is 10.1. The molecule has 0 aliphatic carbocycles. The molecule has 0 bridgehead atoms. The highest BCUT2D eigenvalue weighted by Gasteiger charge is 2.30. The van der Waals surface area contributed by atoms with Crippen molar-refractivity contribution in [2.24, 2.45) is 0 Å². The molecule has 0 aromatic heterocycles. The van der Waals surface area contributed by atoms with Gasteiger partial charge < -0.3 is 0 Å².